The Labute approximate surface area is 223 Å². The summed E-state index contributed by atoms with van der Waals surface area (Å²) in [6.07, 6.45) is 0. The Morgan fingerprint density at radius 3 is 1.24 bits per heavy atom. The summed E-state index contributed by atoms with van der Waals surface area (Å²) in [6.45, 7) is 0. The van der Waals surface area contributed by atoms with E-state index in [-0.39, 0.29) is 0 Å². The number of thiazole rings is 2. The molecule has 4 heterocycles. The maximum Gasteiger partial charge on any atom is 0.227 e. The highest BCUT2D eigenvalue weighted by Crippen LogP contribution is 2.37. The lowest BCUT2D eigenvalue weighted by molar-refractivity contribution is 0.619. The fraction of sp³-hybridized carbons (Fsp3) is 0. The number of oxazole rings is 2. The minimum Gasteiger partial charge on any atom is -0.436 e. The molecule has 0 aliphatic heterocycles. The van der Waals surface area contributed by atoms with Crippen molar-refractivity contribution in [2.45, 2.75) is 0 Å². The van der Waals surface area contributed by atoms with E-state index in [4.69, 9.17) is 18.8 Å². The van der Waals surface area contributed by atoms with Gasteiger partial charge in [-0.05, 0) is 48.5 Å². The molecule has 6 nitrogen and oxygen atoms in total. The lowest BCUT2D eigenvalue weighted by Gasteiger charge is -1.99. The Morgan fingerprint density at radius 1 is 0.421 bits per heavy atom. The minimum atomic E-state index is 0.617. The lowest BCUT2D eigenvalue weighted by Crippen LogP contribution is -1.80. The molecular weight excluding hydrogens is 512 g/mol. The van der Waals surface area contributed by atoms with Crippen LogP contribution in [0.25, 0.3) is 75.9 Å². The van der Waals surface area contributed by atoms with Gasteiger partial charge in [0.15, 0.2) is 20.8 Å². The standard InChI is InChI=1S/C30H16N4O2S2/c1-3-7-23-21(5-1)31-25(35-23)17-9-13-19(14-10-17)27-33-29-30(37-27)34-28(38-29)20-15-11-18(12-16-20)26-32-22-6-2-4-8-24(22)36-26/h1-16H. The molecule has 8 heteroatoms. The molecule has 0 radical (unpaired) electrons. The third-order valence-electron chi connectivity index (χ3n) is 6.32. The van der Waals surface area contributed by atoms with Gasteiger partial charge in [-0.3, -0.25) is 0 Å². The molecular formula is C30H16N4O2S2. The number of rotatable bonds is 4. The summed E-state index contributed by atoms with van der Waals surface area (Å²) in [6, 6.07) is 31.9. The van der Waals surface area contributed by atoms with Gasteiger partial charge in [0, 0.05) is 22.3 Å². The van der Waals surface area contributed by atoms with Crippen molar-refractivity contribution in [1.82, 2.24) is 19.9 Å². The first-order valence-corrected chi connectivity index (χ1v) is 13.6. The largest absolute Gasteiger partial charge is 0.436 e. The zero-order chi connectivity index (χ0) is 25.1. The third kappa shape index (κ3) is 3.61. The van der Waals surface area contributed by atoms with Gasteiger partial charge in [-0.2, -0.15) is 0 Å². The highest BCUT2D eigenvalue weighted by atomic mass is 32.1. The first kappa shape index (κ1) is 21.4. The summed E-state index contributed by atoms with van der Waals surface area (Å²) in [7, 11) is 0. The molecule has 0 unspecified atom stereocenters. The molecule has 0 N–H and O–H groups in total. The zero-order valence-electron chi connectivity index (χ0n) is 19.7. The van der Waals surface area contributed by atoms with Gasteiger partial charge in [0.25, 0.3) is 0 Å². The molecule has 0 aliphatic rings. The summed E-state index contributed by atoms with van der Waals surface area (Å²) in [5.41, 5.74) is 7.25. The Hall–Kier alpha value is -4.66. The van der Waals surface area contributed by atoms with Crippen LogP contribution in [0.5, 0.6) is 0 Å². The van der Waals surface area contributed by atoms with Gasteiger partial charge in [-0.25, -0.2) is 19.9 Å². The SMILES string of the molecule is c1ccc2oc(-c3ccc(-c4nc5sc(-c6ccc(-c7nc8ccccc8o7)cc6)nc5s4)cc3)nc2c1. The van der Waals surface area contributed by atoms with Gasteiger partial charge < -0.3 is 8.83 Å². The van der Waals surface area contributed by atoms with Crippen molar-refractivity contribution >= 4 is 54.5 Å². The first-order valence-electron chi connectivity index (χ1n) is 12.0. The lowest BCUT2D eigenvalue weighted by atomic mass is 10.1. The number of benzene rings is 4. The van der Waals surface area contributed by atoms with Crippen LogP contribution in [-0.4, -0.2) is 19.9 Å². The van der Waals surface area contributed by atoms with E-state index in [1.165, 1.54) is 0 Å². The van der Waals surface area contributed by atoms with Gasteiger partial charge in [0.05, 0.1) is 0 Å². The predicted octanol–water partition coefficient (Wildman–Crippen LogP) is 8.70. The van der Waals surface area contributed by atoms with Crippen molar-refractivity contribution in [2.75, 3.05) is 0 Å². The number of aromatic nitrogens is 4. The van der Waals surface area contributed by atoms with E-state index < -0.39 is 0 Å². The van der Waals surface area contributed by atoms with Crippen LogP contribution in [0.1, 0.15) is 0 Å². The van der Waals surface area contributed by atoms with Crippen molar-refractivity contribution in [1.29, 1.82) is 0 Å². The molecule has 38 heavy (non-hydrogen) atoms. The molecule has 0 fully saturated rings. The molecule has 0 amide bonds. The van der Waals surface area contributed by atoms with Crippen LogP contribution in [0.2, 0.25) is 0 Å². The molecule has 4 aromatic carbocycles. The molecule has 0 atom stereocenters. The molecule has 0 aliphatic carbocycles. The monoisotopic (exact) mass is 528 g/mol. The normalized spacial score (nSPS) is 11.7. The smallest absolute Gasteiger partial charge is 0.227 e. The summed E-state index contributed by atoms with van der Waals surface area (Å²) < 4.78 is 11.8. The molecule has 180 valence electrons. The number of fused-ring (bicyclic) bond motifs is 3. The van der Waals surface area contributed by atoms with E-state index in [0.29, 0.717) is 11.8 Å². The predicted molar refractivity (Wildman–Crippen MR) is 152 cm³/mol. The topological polar surface area (TPSA) is 77.8 Å². The second-order valence-electron chi connectivity index (χ2n) is 8.78. The summed E-state index contributed by atoms with van der Waals surface area (Å²) >= 11 is 3.20. The average molecular weight is 529 g/mol. The van der Waals surface area contributed by atoms with Crippen molar-refractivity contribution in [3.05, 3.63) is 97.1 Å². The number of nitrogens with zero attached hydrogens (tertiary/aromatic N) is 4. The van der Waals surface area contributed by atoms with Crippen LogP contribution in [0.4, 0.5) is 0 Å². The molecule has 8 aromatic rings. The number of hydrogen-bond acceptors (Lipinski definition) is 8. The van der Waals surface area contributed by atoms with E-state index in [9.17, 15) is 0 Å². The highest BCUT2D eigenvalue weighted by Gasteiger charge is 2.15. The van der Waals surface area contributed by atoms with Crippen LogP contribution in [-0.2, 0) is 0 Å². The summed E-state index contributed by atoms with van der Waals surface area (Å²) in [4.78, 5) is 20.8. The van der Waals surface area contributed by atoms with Crippen LogP contribution < -0.4 is 0 Å². The Bertz CT molecular complexity index is 1840. The van der Waals surface area contributed by atoms with Crippen molar-refractivity contribution in [3.8, 4) is 44.1 Å². The highest BCUT2D eigenvalue weighted by molar-refractivity contribution is 7.29. The van der Waals surface area contributed by atoms with Crippen LogP contribution in [0, 0.1) is 0 Å². The molecule has 0 saturated heterocycles. The van der Waals surface area contributed by atoms with Crippen molar-refractivity contribution < 1.29 is 8.83 Å². The molecule has 0 spiro atoms. The van der Waals surface area contributed by atoms with Crippen LogP contribution >= 0.6 is 22.7 Å². The Kier molecular flexibility index (Phi) is 4.76. The maximum atomic E-state index is 5.90. The number of para-hydroxylation sites is 4. The second-order valence-corrected chi connectivity index (χ2v) is 10.7. The minimum absolute atomic E-state index is 0.617. The molecule has 4 aromatic heterocycles. The van der Waals surface area contributed by atoms with Crippen molar-refractivity contribution in [2.24, 2.45) is 0 Å². The number of hydrogen-bond donors (Lipinski definition) is 0. The van der Waals surface area contributed by atoms with E-state index in [2.05, 4.69) is 34.2 Å². The van der Waals surface area contributed by atoms with E-state index in [1.807, 2.05) is 72.8 Å². The van der Waals surface area contributed by atoms with Crippen molar-refractivity contribution in [3.63, 3.8) is 0 Å². The van der Waals surface area contributed by atoms with Gasteiger partial charge in [-0.15, -0.1) is 0 Å². The first-order chi connectivity index (χ1) is 18.8. The second kappa shape index (κ2) is 8.44. The zero-order valence-corrected chi connectivity index (χ0v) is 21.3. The fourth-order valence-corrected chi connectivity index (χ4v) is 6.44. The Morgan fingerprint density at radius 2 is 0.816 bits per heavy atom. The summed E-state index contributed by atoms with van der Waals surface area (Å²) in [5, 5.41) is 1.89. The van der Waals surface area contributed by atoms with E-state index in [1.54, 1.807) is 22.7 Å². The molecule has 8 rings (SSSR count). The molecule has 0 bridgehead atoms. The van der Waals surface area contributed by atoms with Crippen LogP contribution in [0.15, 0.2) is 106 Å². The Balaban J connectivity index is 1.05. The van der Waals surface area contributed by atoms with Gasteiger partial charge in [-0.1, -0.05) is 71.2 Å². The van der Waals surface area contributed by atoms with E-state index >= 15 is 0 Å². The maximum absolute atomic E-state index is 5.90. The quantitative estimate of drug-likeness (QED) is 0.227. The van der Waals surface area contributed by atoms with E-state index in [0.717, 1.165) is 64.1 Å². The summed E-state index contributed by atoms with van der Waals surface area (Å²) in [5.74, 6) is 1.23. The molecule has 0 saturated carbocycles. The van der Waals surface area contributed by atoms with Gasteiger partial charge >= 0.3 is 0 Å². The van der Waals surface area contributed by atoms with Crippen LogP contribution in [0.3, 0.4) is 0 Å². The van der Waals surface area contributed by atoms with Gasteiger partial charge in [0.2, 0.25) is 11.8 Å². The van der Waals surface area contributed by atoms with Gasteiger partial charge in [0.1, 0.15) is 21.0 Å². The third-order valence-corrected chi connectivity index (χ3v) is 8.45. The fourth-order valence-electron chi connectivity index (χ4n) is 4.39. The average Bonchev–Trinajstić information content (AvgIpc) is 3.74.